The molecule has 0 amide bonds. The number of rotatable bonds is 6. The second kappa shape index (κ2) is 7.69. The molecule has 28 heavy (non-hydrogen) atoms. The third-order valence-corrected chi connectivity index (χ3v) is 6.32. The van der Waals surface area contributed by atoms with Crippen molar-refractivity contribution in [1.82, 2.24) is 9.71 Å². The maximum Gasteiger partial charge on any atom is 0.251 e. The van der Waals surface area contributed by atoms with Crippen LogP contribution in [-0.4, -0.2) is 25.7 Å². The Morgan fingerprint density at radius 2 is 1.86 bits per heavy atom. The SMILES string of the molecule is CC(=O)c1cccc(S(=O)(=O)NCCc2cc3ccc(C)c(C)c3[nH]c2=O)c1. The lowest BCUT2D eigenvalue weighted by molar-refractivity contribution is 0.101. The number of pyridine rings is 1. The molecule has 0 unspecified atom stereocenters. The zero-order chi connectivity index (χ0) is 20.5. The summed E-state index contributed by atoms with van der Waals surface area (Å²) in [5.74, 6) is -0.203. The average Bonchev–Trinajstić information content (AvgIpc) is 2.66. The average molecular weight is 398 g/mol. The summed E-state index contributed by atoms with van der Waals surface area (Å²) in [4.78, 5) is 26.8. The highest BCUT2D eigenvalue weighted by Crippen LogP contribution is 2.19. The molecule has 7 heteroatoms. The van der Waals surface area contributed by atoms with Gasteiger partial charge in [0, 0.05) is 17.7 Å². The summed E-state index contributed by atoms with van der Waals surface area (Å²) in [6, 6.07) is 11.6. The van der Waals surface area contributed by atoms with E-state index < -0.39 is 10.0 Å². The molecule has 0 atom stereocenters. The largest absolute Gasteiger partial charge is 0.321 e. The third-order valence-electron chi connectivity index (χ3n) is 4.87. The fourth-order valence-corrected chi connectivity index (χ4v) is 4.12. The van der Waals surface area contributed by atoms with Crippen molar-refractivity contribution in [1.29, 1.82) is 0 Å². The molecule has 0 aliphatic carbocycles. The van der Waals surface area contributed by atoms with Crippen LogP contribution < -0.4 is 10.3 Å². The summed E-state index contributed by atoms with van der Waals surface area (Å²) >= 11 is 0. The maximum absolute atomic E-state index is 12.5. The Balaban J connectivity index is 1.78. The summed E-state index contributed by atoms with van der Waals surface area (Å²) in [6.07, 6.45) is 0.254. The Kier molecular flexibility index (Phi) is 5.49. The number of aryl methyl sites for hydroxylation is 2. The van der Waals surface area contributed by atoms with E-state index >= 15 is 0 Å². The van der Waals surface area contributed by atoms with Gasteiger partial charge in [0.1, 0.15) is 0 Å². The summed E-state index contributed by atoms with van der Waals surface area (Å²) in [5.41, 5.74) is 3.54. The molecule has 0 spiro atoms. The fraction of sp³-hybridized carbons (Fsp3) is 0.238. The first-order chi connectivity index (χ1) is 13.2. The Morgan fingerprint density at radius 1 is 1.11 bits per heavy atom. The van der Waals surface area contributed by atoms with Gasteiger partial charge in [0.05, 0.1) is 10.4 Å². The highest BCUT2D eigenvalue weighted by atomic mass is 32.2. The van der Waals surface area contributed by atoms with Crippen molar-refractivity contribution in [2.75, 3.05) is 6.54 Å². The normalized spacial score (nSPS) is 11.7. The number of Topliss-reactive ketones (excluding diaryl/α,β-unsaturated/α-hetero) is 1. The topological polar surface area (TPSA) is 96.1 Å². The van der Waals surface area contributed by atoms with E-state index in [1.807, 2.05) is 26.0 Å². The first kappa shape index (κ1) is 20.0. The van der Waals surface area contributed by atoms with E-state index in [2.05, 4.69) is 9.71 Å². The lowest BCUT2D eigenvalue weighted by Gasteiger charge is -2.09. The molecule has 2 aromatic carbocycles. The molecular formula is C21H22N2O4S. The molecule has 6 nitrogen and oxygen atoms in total. The highest BCUT2D eigenvalue weighted by Gasteiger charge is 2.15. The maximum atomic E-state index is 12.5. The molecule has 3 rings (SSSR count). The molecule has 0 aliphatic heterocycles. The summed E-state index contributed by atoms with van der Waals surface area (Å²) in [7, 11) is -3.77. The number of aromatic amines is 1. The molecular weight excluding hydrogens is 376 g/mol. The Labute approximate surface area is 163 Å². The van der Waals surface area contributed by atoms with Gasteiger partial charge in [-0.05, 0) is 61.9 Å². The predicted octanol–water partition coefficient (Wildman–Crippen LogP) is 2.87. The minimum Gasteiger partial charge on any atom is -0.321 e. The van der Waals surface area contributed by atoms with Crippen molar-refractivity contribution < 1.29 is 13.2 Å². The van der Waals surface area contributed by atoms with Gasteiger partial charge in [0.15, 0.2) is 5.78 Å². The van der Waals surface area contributed by atoms with Crippen LogP contribution in [0.5, 0.6) is 0 Å². The summed E-state index contributed by atoms with van der Waals surface area (Å²) < 4.78 is 27.4. The van der Waals surface area contributed by atoms with Gasteiger partial charge in [-0.1, -0.05) is 24.3 Å². The smallest absolute Gasteiger partial charge is 0.251 e. The van der Waals surface area contributed by atoms with Crippen molar-refractivity contribution in [3.8, 4) is 0 Å². The van der Waals surface area contributed by atoms with Gasteiger partial charge in [-0.15, -0.1) is 0 Å². The summed E-state index contributed by atoms with van der Waals surface area (Å²) in [5, 5.41) is 0.912. The molecule has 1 aromatic heterocycles. The summed E-state index contributed by atoms with van der Waals surface area (Å²) in [6.45, 7) is 5.40. The van der Waals surface area contributed by atoms with Crippen molar-refractivity contribution in [3.63, 3.8) is 0 Å². The van der Waals surface area contributed by atoms with Gasteiger partial charge in [-0.3, -0.25) is 9.59 Å². The van der Waals surface area contributed by atoms with Crippen LogP contribution in [0.4, 0.5) is 0 Å². The van der Waals surface area contributed by atoms with Gasteiger partial charge in [0.2, 0.25) is 10.0 Å². The van der Waals surface area contributed by atoms with Crippen LogP contribution in [0.3, 0.4) is 0 Å². The zero-order valence-corrected chi connectivity index (χ0v) is 16.8. The van der Waals surface area contributed by atoms with Crippen LogP contribution in [0, 0.1) is 13.8 Å². The number of ketones is 1. The number of nitrogens with one attached hydrogen (secondary N) is 2. The number of hydrogen-bond donors (Lipinski definition) is 2. The minimum atomic E-state index is -3.77. The van der Waals surface area contributed by atoms with Crippen molar-refractivity contribution >= 4 is 26.7 Å². The molecule has 3 aromatic rings. The molecule has 0 saturated heterocycles. The number of aromatic nitrogens is 1. The number of benzene rings is 2. The second-order valence-electron chi connectivity index (χ2n) is 6.83. The molecule has 0 saturated carbocycles. The van der Waals surface area contributed by atoms with Crippen molar-refractivity contribution in [2.45, 2.75) is 32.1 Å². The molecule has 1 heterocycles. The number of carbonyl (C=O) groups excluding carboxylic acids is 1. The standard InChI is InChI=1S/C21H22N2O4S/c1-13-7-8-17-11-18(21(25)23-20(17)14(13)2)9-10-22-28(26,27)19-6-4-5-16(12-19)15(3)24/h4-8,11-12,22H,9-10H2,1-3H3,(H,23,25). The Hall–Kier alpha value is -2.77. The number of carbonyl (C=O) groups is 1. The number of fused-ring (bicyclic) bond motifs is 1. The quantitative estimate of drug-likeness (QED) is 0.624. The predicted molar refractivity (Wildman–Crippen MR) is 109 cm³/mol. The number of H-pyrrole nitrogens is 1. The molecule has 0 aliphatic rings. The van der Waals surface area contributed by atoms with E-state index in [4.69, 9.17) is 0 Å². The number of hydrogen-bond acceptors (Lipinski definition) is 4. The lowest BCUT2D eigenvalue weighted by Crippen LogP contribution is -2.27. The van der Waals surface area contributed by atoms with Crippen molar-refractivity contribution in [2.24, 2.45) is 0 Å². The monoisotopic (exact) mass is 398 g/mol. The number of sulfonamides is 1. The Morgan fingerprint density at radius 3 is 2.57 bits per heavy atom. The van der Waals surface area contributed by atoms with E-state index in [0.29, 0.717) is 11.1 Å². The van der Waals surface area contributed by atoms with Crippen LogP contribution in [-0.2, 0) is 16.4 Å². The van der Waals surface area contributed by atoms with E-state index in [1.54, 1.807) is 12.1 Å². The molecule has 0 bridgehead atoms. The molecule has 146 valence electrons. The lowest BCUT2D eigenvalue weighted by atomic mass is 10.0. The van der Waals surface area contributed by atoms with E-state index in [-0.39, 0.29) is 29.2 Å². The first-order valence-electron chi connectivity index (χ1n) is 8.92. The Bertz CT molecular complexity index is 1230. The van der Waals surface area contributed by atoms with Crippen LogP contribution in [0.1, 0.15) is 34.0 Å². The van der Waals surface area contributed by atoms with Gasteiger partial charge < -0.3 is 4.98 Å². The third kappa shape index (κ3) is 4.05. The van der Waals surface area contributed by atoms with Crippen LogP contribution in [0.2, 0.25) is 0 Å². The van der Waals surface area contributed by atoms with Gasteiger partial charge in [0.25, 0.3) is 5.56 Å². The molecule has 2 N–H and O–H groups in total. The fourth-order valence-electron chi connectivity index (χ4n) is 3.04. The van der Waals surface area contributed by atoms with E-state index in [1.165, 1.54) is 25.1 Å². The zero-order valence-electron chi connectivity index (χ0n) is 16.0. The molecule has 0 fully saturated rings. The molecule has 0 radical (unpaired) electrons. The van der Waals surface area contributed by atoms with Gasteiger partial charge in [-0.2, -0.15) is 0 Å². The minimum absolute atomic E-state index is 0.0266. The van der Waals surface area contributed by atoms with Gasteiger partial charge in [-0.25, -0.2) is 13.1 Å². The highest BCUT2D eigenvalue weighted by molar-refractivity contribution is 7.89. The van der Waals surface area contributed by atoms with E-state index in [9.17, 15) is 18.0 Å². The second-order valence-corrected chi connectivity index (χ2v) is 8.59. The van der Waals surface area contributed by atoms with E-state index in [0.717, 1.165) is 22.0 Å². The van der Waals surface area contributed by atoms with Crippen LogP contribution >= 0.6 is 0 Å². The van der Waals surface area contributed by atoms with Crippen molar-refractivity contribution in [3.05, 3.63) is 75.1 Å². The van der Waals surface area contributed by atoms with Gasteiger partial charge >= 0.3 is 0 Å². The van der Waals surface area contributed by atoms with Crippen LogP contribution in [0.15, 0.2) is 52.2 Å². The first-order valence-corrected chi connectivity index (χ1v) is 10.4. The van der Waals surface area contributed by atoms with Crippen LogP contribution in [0.25, 0.3) is 10.9 Å².